The van der Waals surface area contributed by atoms with Gasteiger partial charge in [-0.25, -0.2) is 0 Å². The standard InChI is InChI=1S/C12H19N3O3/c13-7-10(8-14-4-2-5-16)12(17)15-9-11-3-1-6-18-11/h8,11,14,16H,1-6,9H2,(H,15,17)/b10-8-. The molecule has 1 rings (SSSR count). The summed E-state index contributed by atoms with van der Waals surface area (Å²) in [7, 11) is 0. The molecule has 1 unspecified atom stereocenters. The van der Waals surface area contributed by atoms with Crippen LogP contribution in [0.1, 0.15) is 19.3 Å². The van der Waals surface area contributed by atoms with E-state index in [4.69, 9.17) is 15.1 Å². The van der Waals surface area contributed by atoms with Gasteiger partial charge in [0.15, 0.2) is 0 Å². The molecular formula is C12H19N3O3. The van der Waals surface area contributed by atoms with Crippen LogP contribution >= 0.6 is 0 Å². The Hall–Kier alpha value is -1.58. The van der Waals surface area contributed by atoms with Crippen LogP contribution in [0.4, 0.5) is 0 Å². The number of carbonyl (C=O) groups is 1. The van der Waals surface area contributed by atoms with Crippen molar-refractivity contribution in [2.45, 2.75) is 25.4 Å². The Morgan fingerprint density at radius 1 is 1.61 bits per heavy atom. The molecule has 0 aromatic carbocycles. The van der Waals surface area contributed by atoms with E-state index in [1.807, 2.05) is 6.07 Å². The summed E-state index contributed by atoms with van der Waals surface area (Å²) >= 11 is 0. The van der Waals surface area contributed by atoms with Crippen LogP contribution in [0.25, 0.3) is 0 Å². The molecule has 1 aliphatic rings. The Labute approximate surface area is 107 Å². The van der Waals surface area contributed by atoms with Crippen LogP contribution in [0.15, 0.2) is 11.8 Å². The number of aliphatic hydroxyl groups is 1. The van der Waals surface area contributed by atoms with Crippen molar-refractivity contribution in [2.75, 3.05) is 26.3 Å². The molecule has 18 heavy (non-hydrogen) atoms. The van der Waals surface area contributed by atoms with Crippen molar-refractivity contribution in [1.82, 2.24) is 10.6 Å². The van der Waals surface area contributed by atoms with Crippen molar-refractivity contribution in [2.24, 2.45) is 0 Å². The van der Waals surface area contributed by atoms with Gasteiger partial charge < -0.3 is 20.5 Å². The Bertz CT molecular complexity index is 330. The van der Waals surface area contributed by atoms with Crippen molar-refractivity contribution < 1.29 is 14.6 Å². The average Bonchev–Trinajstić information content (AvgIpc) is 2.89. The molecule has 0 spiro atoms. The molecule has 6 heteroatoms. The molecule has 1 fully saturated rings. The Morgan fingerprint density at radius 3 is 3.06 bits per heavy atom. The number of nitrogens with zero attached hydrogens (tertiary/aromatic N) is 1. The summed E-state index contributed by atoms with van der Waals surface area (Å²) in [4.78, 5) is 11.6. The third kappa shape index (κ3) is 5.17. The minimum absolute atomic E-state index is 0.0333. The second kappa shape index (κ2) is 8.50. The zero-order chi connectivity index (χ0) is 13.2. The van der Waals surface area contributed by atoms with E-state index in [2.05, 4.69) is 10.6 Å². The van der Waals surface area contributed by atoms with E-state index in [-0.39, 0.29) is 18.3 Å². The second-order valence-electron chi connectivity index (χ2n) is 4.05. The summed E-state index contributed by atoms with van der Waals surface area (Å²) in [5.74, 6) is -0.399. The molecule has 0 saturated carbocycles. The number of hydrogen-bond acceptors (Lipinski definition) is 5. The number of carbonyl (C=O) groups excluding carboxylic acids is 1. The highest BCUT2D eigenvalue weighted by molar-refractivity contribution is 5.97. The first-order valence-corrected chi connectivity index (χ1v) is 6.12. The van der Waals surface area contributed by atoms with Crippen LogP contribution in [0, 0.1) is 11.3 Å². The highest BCUT2D eigenvalue weighted by atomic mass is 16.5. The van der Waals surface area contributed by atoms with E-state index in [9.17, 15) is 4.79 Å². The molecule has 1 heterocycles. The largest absolute Gasteiger partial charge is 0.396 e. The number of nitriles is 1. The van der Waals surface area contributed by atoms with Crippen LogP contribution in [0.5, 0.6) is 0 Å². The summed E-state index contributed by atoms with van der Waals surface area (Å²) in [5, 5.41) is 22.9. The van der Waals surface area contributed by atoms with Crippen molar-refractivity contribution in [1.29, 1.82) is 5.26 Å². The normalized spacial score (nSPS) is 19.3. The summed E-state index contributed by atoms with van der Waals surface area (Å²) in [6.45, 7) is 1.79. The van der Waals surface area contributed by atoms with Gasteiger partial charge in [0.1, 0.15) is 11.6 Å². The van der Waals surface area contributed by atoms with Crippen LogP contribution in [-0.2, 0) is 9.53 Å². The monoisotopic (exact) mass is 253 g/mol. The predicted molar refractivity (Wildman–Crippen MR) is 65.4 cm³/mol. The van der Waals surface area contributed by atoms with E-state index in [0.29, 0.717) is 19.5 Å². The summed E-state index contributed by atoms with van der Waals surface area (Å²) in [5.41, 5.74) is 0.0333. The lowest BCUT2D eigenvalue weighted by Crippen LogP contribution is -2.33. The van der Waals surface area contributed by atoms with E-state index < -0.39 is 5.91 Å². The fraction of sp³-hybridized carbons (Fsp3) is 0.667. The maximum Gasteiger partial charge on any atom is 0.263 e. The van der Waals surface area contributed by atoms with Crippen molar-refractivity contribution in [3.63, 3.8) is 0 Å². The van der Waals surface area contributed by atoms with E-state index in [1.165, 1.54) is 6.20 Å². The third-order valence-corrected chi connectivity index (χ3v) is 2.60. The molecule has 100 valence electrons. The first-order valence-electron chi connectivity index (χ1n) is 6.12. The van der Waals surface area contributed by atoms with Crippen molar-refractivity contribution in [3.05, 3.63) is 11.8 Å². The lowest BCUT2D eigenvalue weighted by Gasteiger charge is -2.10. The van der Waals surface area contributed by atoms with E-state index in [0.717, 1.165) is 19.4 Å². The van der Waals surface area contributed by atoms with Gasteiger partial charge in [0.2, 0.25) is 0 Å². The topological polar surface area (TPSA) is 94.4 Å². The lowest BCUT2D eigenvalue weighted by molar-refractivity contribution is -0.117. The Morgan fingerprint density at radius 2 is 2.44 bits per heavy atom. The van der Waals surface area contributed by atoms with Crippen LogP contribution in [-0.4, -0.2) is 43.4 Å². The highest BCUT2D eigenvalue weighted by Gasteiger charge is 2.17. The second-order valence-corrected chi connectivity index (χ2v) is 4.05. The average molecular weight is 253 g/mol. The third-order valence-electron chi connectivity index (χ3n) is 2.60. The molecule has 6 nitrogen and oxygen atoms in total. The van der Waals surface area contributed by atoms with Crippen molar-refractivity contribution >= 4 is 5.91 Å². The summed E-state index contributed by atoms with van der Waals surface area (Å²) in [6, 6.07) is 1.84. The van der Waals surface area contributed by atoms with Crippen LogP contribution < -0.4 is 10.6 Å². The molecule has 0 aromatic rings. The van der Waals surface area contributed by atoms with Crippen LogP contribution in [0.2, 0.25) is 0 Å². The fourth-order valence-corrected chi connectivity index (χ4v) is 1.61. The lowest BCUT2D eigenvalue weighted by atomic mass is 10.2. The fourth-order valence-electron chi connectivity index (χ4n) is 1.61. The number of hydrogen-bond donors (Lipinski definition) is 3. The SMILES string of the molecule is N#C/C(=C/NCCCO)C(=O)NCC1CCCO1. The highest BCUT2D eigenvalue weighted by Crippen LogP contribution is 2.10. The minimum Gasteiger partial charge on any atom is -0.396 e. The minimum atomic E-state index is -0.399. The van der Waals surface area contributed by atoms with Gasteiger partial charge >= 0.3 is 0 Å². The first kappa shape index (κ1) is 14.5. The molecular weight excluding hydrogens is 234 g/mol. The summed E-state index contributed by atoms with van der Waals surface area (Å²) < 4.78 is 5.37. The molecule has 1 amide bonds. The smallest absolute Gasteiger partial charge is 0.263 e. The molecule has 0 aromatic heterocycles. The Kier molecular flexibility index (Phi) is 6.84. The number of ether oxygens (including phenoxy) is 1. The van der Waals surface area contributed by atoms with Gasteiger partial charge in [0.05, 0.1) is 6.10 Å². The van der Waals surface area contributed by atoms with Gasteiger partial charge in [0.25, 0.3) is 5.91 Å². The number of amides is 1. The van der Waals surface area contributed by atoms with Gasteiger partial charge in [-0.1, -0.05) is 0 Å². The maximum absolute atomic E-state index is 11.6. The predicted octanol–water partition coefficient (Wildman–Crippen LogP) is -0.339. The number of rotatable bonds is 7. The van der Waals surface area contributed by atoms with Gasteiger partial charge in [-0.15, -0.1) is 0 Å². The van der Waals surface area contributed by atoms with E-state index in [1.54, 1.807) is 0 Å². The maximum atomic E-state index is 11.6. The number of nitrogens with one attached hydrogen (secondary N) is 2. The van der Waals surface area contributed by atoms with Gasteiger partial charge in [0, 0.05) is 32.5 Å². The van der Waals surface area contributed by atoms with Gasteiger partial charge in [-0.3, -0.25) is 4.79 Å². The Balaban J connectivity index is 2.29. The zero-order valence-corrected chi connectivity index (χ0v) is 10.3. The molecule has 0 bridgehead atoms. The quantitative estimate of drug-likeness (QED) is 0.328. The van der Waals surface area contributed by atoms with Gasteiger partial charge in [-0.2, -0.15) is 5.26 Å². The van der Waals surface area contributed by atoms with Crippen LogP contribution in [0.3, 0.4) is 0 Å². The molecule has 1 aliphatic heterocycles. The van der Waals surface area contributed by atoms with E-state index >= 15 is 0 Å². The summed E-state index contributed by atoms with van der Waals surface area (Å²) in [6.07, 6.45) is 3.98. The molecule has 1 saturated heterocycles. The van der Waals surface area contributed by atoms with Gasteiger partial charge in [-0.05, 0) is 19.3 Å². The molecule has 0 aliphatic carbocycles. The molecule has 0 radical (unpaired) electrons. The first-order chi connectivity index (χ1) is 8.77. The molecule has 3 N–H and O–H groups in total. The molecule has 1 atom stereocenters. The number of aliphatic hydroxyl groups excluding tert-OH is 1. The zero-order valence-electron chi connectivity index (χ0n) is 10.3. The van der Waals surface area contributed by atoms with Crippen molar-refractivity contribution in [3.8, 4) is 6.07 Å².